The largest absolute Gasteiger partial charge is 0.494 e. The highest BCUT2D eigenvalue weighted by Crippen LogP contribution is 2.40. The van der Waals surface area contributed by atoms with E-state index in [2.05, 4.69) is 153 Å². The molecule has 8 nitrogen and oxygen atoms in total. The second kappa shape index (κ2) is 23.9. The van der Waals surface area contributed by atoms with Crippen molar-refractivity contribution in [2.45, 2.75) is 137 Å². The zero-order chi connectivity index (χ0) is 43.6. The highest BCUT2D eigenvalue weighted by atomic mass is 16.8. The van der Waals surface area contributed by atoms with Gasteiger partial charge in [-0.25, -0.2) is 0 Å². The molecule has 0 amide bonds. The molecule has 0 saturated carbocycles. The van der Waals surface area contributed by atoms with Crippen molar-refractivity contribution >= 4 is 0 Å². The summed E-state index contributed by atoms with van der Waals surface area (Å²) in [6.07, 6.45) is 7.45. The van der Waals surface area contributed by atoms with E-state index in [-0.39, 0.29) is 12.2 Å². The fraction of sp³-hybridized carbons (Fsp3) is 0.547. The maximum Gasteiger partial charge on any atom is 0.169 e. The molecule has 1 saturated heterocycles. The van der Waals surface area contributed by atoms with Crippen LogP contribution < -0.4 is 18.9 Å². The summed E-state index contributed by atoms with van der Waals surface area (Å²) in [7, 11) is 4.78. The molecule has 0 N–H and O–H groups in total. The van der Waals surface area contributed by atoms with Gasteiger partial charge >= 0.3 is 0 Å². The third kappa shape index (κ3) is 15.1. The Kier molecular flexibility index (Phi) is 18.8. The quantitative estimate of drug-likeness (QED) is 0.0531. The van der Waals surface area contributed by atoms with E-state index in [0.717, 1.165) is 149 Å². The first-order chi connectivity index (χ1) is 29.5. The number of quaternary nitrogens is 2. The molecule has 1 heterocycles. The molecule has 5 rings (SSSR count). The number of rotatable bonds is 28. The van der Waals surface area contributed by atoms with Crippen LogP contribution >= 0.6 is 0 Å². The molecule has 1 fully saturated rings. The van der Waals surface area contributed by atoms with E-state index >= 15 is 0 Å². The van der Waals surface area contributed by atoms with Crippen LogP contribution in [-0.2, 0) is 35.7 Å². The summed E-state index contributed by atoms with van der Waals surface area (Å²) < 4.78 is 40.1. The predicted octanol–water partition coefficient (Wildman–Crippen LogP) is 11.9. The first kappa shape index (κ1) is 48.0. The topological polar surface area (TPSA) is 55.4 Å². The molecule has 0 spiro atoms. The highest BCUT2D eigenvalue weighted by Gasteiger charge is 2.51. The van der Waals surface area contributed by atoms with E-state index in [0.29, 0.717) is 0 Å². The normalized spacial score (nSPS) is 16.4. The lowest BCUT2D eigenvalue weighted by Crippen LogP contribution is -2.54. The van der Waals surface area contributed by atoms with Gasteiger partial charge in [0.1, 0.15) is 74.5 Å². The zero-order valence-corrected chi connectivity index (χ0v) is 39.0. The number of hydrogen-bond donors (Lipinski definition) is 0. The van der Waals surface area contributed by atoms with Crippen molar-refractivity contribution in [2.75, 3.05) is 53.6 Å². The maximum atomic E-state index is 7.37. The Morgan fingerprint density at radius 1 is 0.393 bits per heavy atom. The van der Waals surface area contributed by atoms with Gasteiger partial charge in [0.05, 0.1) is 40.5 Å². The van der Waals surface area contributed by atoms with E-state index in [1.807, 2.05) is 0 Å². The summed E-state index contributed by atoms with van der Waals surface area (Å²) in [5.74, 6) is 3.07. The molecule has 0 unspecified atom stereocenters. The minimum atomic E-state index is -0.610. The van der Waals surface area contributed by atoms with Gasteiger partial charge in [-0.15, -0.1) is 0 Å². The van der Waals surface area contributed by atoms with Gasteiger partial charge in [-0.1, -0.05) is 54.4 Å². The van der Waals surface area contributed by atoms with Crippen LogP contribution in [0.5, 0.6) is 23.0 Å². The maximum absolute atomic E-state index is 7.37. The molecular weight excluding hydrogens is 761 g/mol. The molecule has 1 aliphatic heterocycles. The Hall–Kier alpha value is -4.08. The number of hydrogen-bond acceptors (Lipinski definition) is 6. The third-order valence-electron chi connectivity index (χ3n) is 11.5. The molecule has 0 aliphatic carbocycles. The van der Waals surface area contributed by atoms with Crippen molar-refractivity contribution in [3.05, 3.63) is 119 Å². The third-order valence-corrected chi connectivity index (χ3v) is 11.5. The zero-order valence-electron chi connectivity index (χ0n) is 39.0. The molecule has 8 heteroatoms. The minimum Gasteiger partial charge on any atom is -0.494 e. The van der Waals surface area contributed by atoms with Crippen LogP contribution in [0, 0.1) is 0 Å². The molecule has 0 bridgehead atoms. The van der Waals surface area contributed by atoms with Gasteiger partial charge in [-0.05, 0) is 123 Å². The predicted molar refractivity (Wildman–Crippen MR) is 248 cm³/mol. The van der Waals surface area contributed by atoms with Gasteiger partial charge in [0.25, 0.3) is 0 Å². The fourth-order valence-electron chi connectivity index (χ4n) is 8.81. The van der Waals surface area contributed by atoms with Crippen molar-refractivity contribution < 1.29 is 37.4 Å². The van der Waals surface area contributed by atoms with Crippen LogP contribution in [-0.4, -0.2) is 80.6 Å². The number of nitrogens with zero attached hydrogens (tertiary/aromatic N) is 2. The van der Waals surface area contributed by atoms with E-state index in [1.54, 1.807) is 0 Å². The molecule has 4 aromatic rings. The molecule has 0 radical (unpaired) electrons. The van der Waals surface area contributed by atoms with Gasteiger partial charge < -0.3 is 37.4 Å². The first-order valence-electron chi connectivity index (χ1n) is 23.4. The second-order valence-electron chi connectivity index (χ2n) is 17.9. The van der Waals surface area contributed by atoms with Crippen molar-refractivity contribution in [3.8, 4) is 23.0 Å². The van der Waals surface area contributed by atoms with Crippen LogP contribution in [0.25, 0.3) is 0 Å². The van der Waals surface area contributed by atoms with Gasteiger partial charge in [-0.3, -0.25) is 0 Å². The van der Waals surface area contributed by atoms with Gasteiger partial charge in [-0.2, -0.15) is 0 Å². The Bertz CT molecular complexity index is 1570. The van der Waals surface area contributed by atoms with Gasteiger partial charge in [0.15, 0.2) is 5.79 Å². The van der Waals surface area contributed by atoms with Gasteiger partial charge in [0, 0.05) is 35.1 Å². The summed E-state index contributed by atoms with van der Waals surface area (Å²) in [5, 5.41) is 0. The van der Waals surface area contributed by atoms with Crippen LogP contribution in [0.15, 0.2) is 97.1 Å². The lowest BCUT2D eigenvalue weighted by molar-refractivity contribution is -0.944. The van der Waals surface area contributed by atoms with Crippen LogP contribution in [0.2, 0.25) is 0 Å². The van der Waals surface area contributed by atoms with E-state index in [1.165, 1.54) is 22.3 Å². The summed E-state index contributed by atoms with van der Waals surface area (Å²) in [6.45, 7) is 20.9. The molecule has 2 atom stereocenters. The molecule has 1 aliphatic rings. The SMILES string of the molecule is CCCOc1ccc(C[N+](C)(Cc2ccc(OCCC)cc2)C[C@@H]2OC(CCC)(CCC)O[C@H]2C[N+](C)(Cc2ccc(OCCC)cc2)Cc2ccc(OCCC)cc2)cc1. The smallest absolute Gasteiger partial charge is 0.169 e. The van der Waals surface area contributed by atoms with Gasteiger partial charge in [0.2, 0.25) is 0 Å². The molecule has 334 valence electrons. The van der Waals surface area contributed by atoms with Crippen LogP contribution in [0.1, 0.15) is 115 Å². The lowest BCUT2D eigenvalue weighted by Gasteiger charge is -2.40. The number of benzene rings is 4. The van der Waals surface area contributed by atoms with Crippen molar-refractivity contribution in [2.24, 2.45) is 0 Å². The first-order valence-corrected chi connectivity index (χ1v) is 23.4. The molecular formula is C53H78N2O6+2. The number of likely N-dealkylation sites (N-methyl/N-ethyl adjacent to an activating group) is 2. The summed E-state index contributed by atoms with van der Waals surface area (Å²) >= 11 is 0. The van der Waals surface area contributed by atoms with E-state index in [9.17, 15) is 0 Å². The van der Waals surface area contributed by atoms with Crippen LogP contribution in [0.4, 0.5) is 0 Å². The van der Waals surface area contributed by atoms with E-state index in [4.69, 9.17) is 28.4 Å². The molecule has 4 aromatic carbocycles. The Balaban J connectivity index is 1.49. The molecule has 61 heavy (non-hydrogen) atoms. The number of ether oxygens (including phenoxy) is 6. The average molecular weight is 839 g/mol. The second-order valence-corrected chi connectivity index (χ2v) is 17.9. The average Bonchev–Trinajstić information content (AvgIpc) is 3.56. The minimum absolute atomic E-state index is 0.116. The standard InChI is InChI=1S/C53H78N2O6/c1-9-31-53(32-10-2)60-51(41-54(7,37-43-15-23-47(24-16-43)56-33-11-3)38-44-17-25-48(26-18-44)57-34-12-4)52(61-53)42-55(8,39-45-19-27-49(28-20-45)58-35-13-5)40-46-21-29-50(30-22-46)59-36-14-6/h15-30,51-52H,9-14,31-42H2,1-8H3/q+2/t51-,52-/m0/s1. The summed E-state index contributed by atoms with van der Waals surface area (Å²) in [6, 6.07) is 34.8. The van der Waals surface area contributed by atoms with Crippen molar-refractivity contribution in [1.29, 1.82) is 0 Å². The fourth-order valence-corrected chi connectivity index (χ4v) is 8.81. The Morgan fingerprint density at radius 3 is 0.852 bits per heavy atom. The summed E-state index contributed by atoms with van der Waals surface area (Å²) in [5.41, 5.74) is 5.10. The Morgan fingerprint density at radius 2 is 0.639 bits per heavy atom. The van der Waals surface area contributed by atoms with Crippen molar-refractivity contribution in [1.82, 2.24) is 0 Å². The van der Waals surface area contributed by atoms with Crippen molar-refractivity contribution in [3.63, 3.8) is 0 Å². The highest BCUT2D eigenvalue weighted by molar-refractivity contribution is 5.30. The lowest BCUT2D eigenvalue weighted by atomic mass is 10.0. The monoisotopic (exact) mass is 839 g/mol. The summed E-state index contributed by atoms with van der Waals surface area (Å²) in [4.78, 5) is 0. The van der Waals surface area contributed by atoms with Crippen LogP contribution in [0.3, 0.4) is 0 Å². The Labute approximate surface area is 369 Å². The van der Waals surface area contributed by atoms with E-state index < -0.39 is 5.79 Å². The molecule has 0 aromatic heterocycles.